The lowest BCUT2D eigenvalue weighted by Crippen LogP contribution is -2.51. The number of anilines is 1. The molecule has 0 spiro atoms. The lowest BCUT2D eigenvalue weighted by Gasteiger charge is -2.34. The Hall–Kier alpha value is -2.60. The number of rotatable bonds is 2. The summed E-state index contributed by atoms with van der Waals surface area (Å²) in [6, 6.07) is 12.9. The number of nitrogens with one attached hydrogen (secondary N) is 1. The normalized spacial score (nSPS) is 14.3. The fourth-order valence-corrected chi connectivity index (χ4v) is 2.84. The van der Waals surface area contributed by atoms with Crippen LogP contribution in [0.15, 0.2) is 48.5 Å². The van der Waals surface area contributed by atoms with Crippen molar-refractivity contribution in [1.82, 2.24) is 9.80 Å². The van der Waals surface area contributed by atoms with Gasteiger partial charge >= 0.3 is 6.03 Å². The highest BCUT2D eigenvalue weighted by Crippen LogP contribution is 2.18. The molecular formula is C18H17ClFN3O2. The molecule has 0 aromatic heterocycles. The molecule has 3 amide bonds. The molecule has 1 heterocycles. The number of piperazine rings is 1. The average molecular weight is 362 g/mol. The quantitative estimate of drug-likeness (QED) is 0.890. The Balaban J connectivity index is 1.59. The fourth-order valence-electron chi connectivity index (χ4n) is 2.67. The standard InChI is InChI=1S/C18H17ClFN3O2/c19-13-6-7-16(20)15(12-13)17(24)22-8-10-23(11-9-22)18(25)21-14-4-2-1-3-5-14/h1-7,12H,8-11H2,(H,21,25). The summed E-state index contributed by atoms with van der Waals surface area (Å²) in [5.74, 6) is -1.01. The van der Waals surface area contributed by atoms with Crippen LogP contribution in [0.1, 0.15) is 10.4 Å². The van der Waals surface area contributed by atoms with E-state index in [0.29, 0.717) is 36.9 Å². The zero-order valence-corrected chi connectivity index (χ0v) is 14.2. The molecule has 0 saturated carbocycles. The van der Waals surface area contributed by atoms with Gasteiger partial charge in [-0.1, -0.05) is 29.8 Å². The molecule has 0 radical (unpaired) electrons. The Morgan fingerprint density at radius 3 is 2.28 bits per heavy atom. The van der Waals surface area contributed by atoms with Crippen LogP contribution in [0.5, 0.6) is 0 Å². The van der Waals surface area contributed by atoms with E-state index >= 15 is 0 Å². The van der Waals surface area contributed by atoms with Crippen LogP contribution >= 0.6 is 11.6 Å². The lowest BCUT2D eigenvalue weighted by molar-refractivity contribution is 0.0667. The minimum atomic E-state index is -0.598. The van der Waals surface area contributed by atoms with Gasteiger partial charge in [-0.25, -0.2) is 9.18 Å². The van der Waals surface area contributed by atoms with Gasteiger partial charge in [-0.2, -0.15) is 0 Å². The van der Waals surface area contributed by atoms with Gasteiger partial charge in [0.15, 0.2) is 0 Å². The van der Waals surface area contributed by atoms with Crippen LogP contribution < -0.4 is 5.32 Å². The van der Waals surface area contributed by atoms with Crippen molar-refractivity contribution in [2.24, 2.45) is 0 Å². The number of nitrogens with zero attached hydrogens (tertiary/aromatic N) is 2. The highest BCUT2D eigenvalue weighted by atomic mass is 35.5. The first kappa shape index (κ1) is 17.2. The maximum absolute atomic E-state index is 13.8. The van der Waals surface area contributed by atoms with Gasteiger partial charge in [0.05, 0.1) is 5.56 Å². The smallest absolute Gasteiger partial charge is 0.321 e. The Bertz CT molecular complexity index is 777. The molecule has 25 heavy (non-hydrogen) atoms. The van der Waals surface area contributed by atoms with E-state index in [1.54, 1.807) is 17.0 Å². The predicted octanol–water partition coefficient (Wildman–Crippen LogP) is 3.47. The number of urea groups is 1. The van der Waals surface area contributed by atoms with E-state index in [2.05, 4.69) is 5.32 Å². The van der Waals surface area contributed by atoms with Crippen molar-refractivity contribution in [2.75, 3.05) is 31.5 Å². The largest absolute Gasteiger partial charge is 0.335 e. The molecule has 0 atom stereocenters. The van der Waals surface area contributed by atoms with Crippen molar-refractivity contribution in [3.63, 3.8) is 0 Å². The molecule has 1 fully saturated rings. The van der Waals surface area contributed by atoms with Crippen LogP contribution in [0, 0.1) is 5.82 Å². The predicted molar refractivity (Wildman–Crippen MR) is 94.3 cm³/mol. The molecule has 1 aliphatic rings. The van der Waals surface area contributed by atoms with Gasteiger partial charge in [0.2, 0.25) is 0 Å². The summed E-state index contributed by atoms with van der Waals surface area (Å²) in [5, 5.41) is 3.12. The minimum absolute atomic E-state index is 0.0466. The number of hydrogen-bond donors (Lipinski definition) is 1. The average Bonchev–Trinajstić information content (AvgIpc) is 2.64. The Morgan fingerprint density at radius 1 is 0.960 bits per heavy atom. The highest BCUT2D eigenvalue weighted by Gasteiger charge is 2.26. The van der Waals surface area contributed by atoms with E-state index in [1.807, 2.05) is 18.2 Å². The molecule has 2 aromatic rings. The van der Waals surface area contributed by atoms with E-state index in [0.717, 1.165) is 0 Å². The minimum Gasteiger partial charge on any atom is -0.335 e. The monoisotopic (exact) mass is 361 g/mol. The molecule has 0 bridgehead atoms. The zero-order valence-electron chi connectivity index (χ0n) is 13.4. The van der Waals surface area contributed by atoms with Gasteiger partial charge in [0.25, 0.3) is 5.91 Å². The zero-order chi connectivity index (χ0) is 17.8. The number of amides is 3. The van der Waals surface area contributed by atoms with Crippen molar-refractivity contribution in [1.29, 1.82) is 0 Å². The van der Waals surface area contributed by atoms with E-state index in [1.165, 1.54) is 23.1 Å². The second kappa shape index (κ2) is 7.53. The third-order valence-corrected chi connectivity index (χ3v) is 4.27. The van der Waals surface area contributed by atoms with Crippen LogP contribution in [-0.2, 0) is 0 Å². The van der Waals surface area contributed by atoms with Gasteiger partial charge in [0, 0.05) is 36.9 Å². The number of carbonyl (C=O) groups excluding carboxylic acids is 2. The molecule has 3 rings (SSSR count). The van der Waals surface area contributed by atoms with Crippen LogP contribution in [0.3, 0.4) is 0 Å². The van der Waals surface area contributed by atoms with Crippen LogP contribution in [0.25, 0.3) is 0 Å². The van der Waals surface area contributed by atoms with E-state index in [-0.39, 0.29) is 11.6 Å². The van der Waals surface area contributed by atoms with Gasteiger partial charge in [-0.15, -0.1) is 0 Å². The molecular weight excluding hydrogens is 345 g/mol. The highest BCUT2D eigenvalue weighted by molar-refractivity contribution is 6.31. The molecule has 130 valence electrons. The van der Waals surface area contributed by atoms with Crippen LogP contribution in [0.4, 0.5) is 14.9 Å². The van der Waals surface area contributed by atoms with Gasteiger partial charge in [-0.05, 0) is 30.3 Å². The SMILES string of the molecule is O=C(Nc1ccccc1)N1CCN(C(=O)c2cc(Cl)ccc2F)CC1. The maximum Gasteiger partial charge on any atom is 0.321 e. The number of benzene rings is 2. The van der Waals surface area contributed by atoms with Crippen LogP contribution in [-0.4, -0.2) is 47.9 Å². The summed E-state index contributed by atoms with van der Waals surface area (Å²) >= 11 is 5.84. The Kier molecular flexibility index (Phi) is 5.19. The number of carbonyl (C=O) groups is 2. The number of halogens is 2. The van der Waals surface area contributed by atoms with Crippen molar-refractivity contribution < 1.29 is 14.0 Å². The van der Waals surface area contributed by atoms with Crippen LogP contribution in [0.2, 0.25) is 5.02 Å². The number of para-hydroxylation sites is 1. The first-order valence-electron chi connectivity index (χ1n) is 7.90. The third-order valence-electron chi connectivity index (χ3n) is 4.04. The molecule has 7 heteroatoms. The fraction of sp³-hybridized carbons (Fsp3) is 0.222. The summed E-state index contributed by atoms with van der Waals surface area (Å²) < 4.78 is 13.8. The molecule has 5 nitrogen and oxygen atoms in total. The topological polar surface area (TPSA) is 52.7 Å². The van der Waals surface area contributed by atoms with E-state index in [9.17, 15) is 14.0 Å². The van der Waals surface area contributed by atoms with Crippen molar-refractivity contribution in [2.45, 2.75) is 0 Å². The number of hydrogen-bond acceptors (Lipinski definition) is 2. The lowest BCUT2D eigenvalue weighted by atomic mass is 10.1. The summed E-state index contributed by atoms with van der Waals surface area (Å²) in [7, 11) is 0. The van der Waals surface area contributed by atoms with Gasteiger partial charge < -0.3 is 15.1 Å². The van der Waals surface area contributed by atoms with Gasteiger partial charge in [0.1, 0.15) is 5.82 Å². The molecule has 1 saturated heterocycles. The molecule has 0 unspecified atom stereocenters. The molecule has 1 aliphatic heterocycles. The first-order valence-corrected chi connectivity index (χ1v) is 8.28. The second-order valence-electron chi connectivity index (χ2n) is 5.70. The first-order chi connectivity index (χ1) is 12.0. The second-order valence-corrected chi connectivity index (χ2v) is 6.14. The van der Waals surface area contributed by atoms with Crippen molar-refractivity contribution in [3.8, 4) is 0 Å². The maximum atomic E-state index is 13.8. The van der Waals surface area contributed by atoms with Crippen molar-refractivity contribution in [3.05, 3.63) is 64.9 Å². The van der Waals surface area contributed by atoms with Crippen molar-refractivity contribution >= 4 is 29.2 Å². The Labute approximate surface area is 150 Å². The van der Waals surface area contributed by atoms with E-state index in [4.69, 9.17) is 11.6 Å². The molecule has 1 N–H and O–H groups in total. The Morgan fingerprint density at radius 2 is 1.60 bits per heavy atom. The summed E-state index contributed by atoms with van der Waals surface area (Å²) in [5.41, 5.74) is 0.668. The molecule has 0 aliphatic carbocycles. The van der Waals surface area contributed by atoms with E-state index < -0.39 is 11.7 Å². The van der Waals surface area contributed by atoms with Gasteiger partial charge in [-0.3, -0.25) is 4.79 Å². The molecule has 2 aromatic carbocycles. The summed E-state index contributed by atoms with van der Waals surface area (Å²) in [4.78, 5) is 27.9. The summed E-state index contributed by atoms with van der Waals surface area (Å²) in [6.45, 7) is 1.44. The third kappa shape index (κ3) is 4.09. The summed E-state index contributed by atoms with van der Waals surface area (Å²) in [6.07, 6.45) is 0.